The van der Waals surface area contributed by atoms with Gasteiger partial charge in [0.2, 0.25) is 5.90 Å². The Kier molecular flexibility index (Phi) is 5.53. The molecule has 132 valence electrons. The molecule has 2 aromatic carbocycles. The van der Waals surface area contributed by atoms with Crippen molar-refractivity contribution in [2.45, 2.75) is 0 Å². The van der Waals surface area contributed by atoms with Gasteiger partial charge in [0.1, 0.15) is 6.61 Å². The predicted octanol–water partition coefficient (Wildman–Crippen LogP) is 4.37. The Morgan fingerprint density at radius 1 is 1.23 bits per heavy atom. The van der Waals surface area contributed by atoms with E-state index in [1.165, 1.54) is 0 Å². The minimum absolute atomic E-state index is 0.214. The molecular formula is C20H16BrNO4. The molecular weight excluding hydrogens is 398 g/mol. The van der Waals surface area contributed by atoms with Crippen LogP contribution >= 0.6 is 15.9 Å². The van der Waals surface area contributed by atoms with E-state index in [4.69, 9.17) is 14.2 Å². The molecule has 5 nitrogen and oxygen atoms in total. The quantitative estimate of drug-likeness (QED) is 0.400. The van der Waals surface area contributed by atoms with E-state index in [0.717, 1.165) is 15.6 Å². The molecule has 0 fully saturated rings. The summed E-state index contributed by atoms with van der Waals surface area (Å²) in [6.45, 7) is 3.99. The average molecular weight is 414 g/mol. The number of hydrogen-bond acceptors (Lipinski definition) is 5. The maximum Gasteiger partial charge on any atom is 0.363 e. The Balaban J connectivity index is 1.95. The highest BCUT2D eigenvalue weighted by molar-refractivity contribution is 9.10. The molecule has 1 heterocycles. The normalized spacial score (nSPS) is 14.8. The summed E-state index contributed by atoms with van der Waals surface area (Å²) in [6.07, 6.45) is 3.29. The van der Waals surface area contributed by atoms with Gasteiger partial charge in [0, 0.05) is 10.0 Å². The van der Waals surface area contributed by atoms with Crippen LogP contribution in [0.5, 0.6) is 11.5 Å². The fraction of sp³-hybridized carbons (Fsp3) is 0.100. The molecule has 0 bridgehead atoms. The molecule has 0 N–H and O–H groups in total. The standard InChI is InChI=1S/C20H16BrNO4/c1-3-9-25-18-12-15(21)14(11-17(18)24-2)10-16-20(23)26-19(22-16)13-7-5-4-6-8-13/h3-8,10-12H,1,9H2,2H3/b16-10-. The lowest BCUT2D eigenvalue weighted by molar-refractivity contribution is -0.129. The number of nitrogens with zero attached hydrogens (tertiary/aromatic N) is 1. The monoisotopic (exact) mass is 413 g/mol. The molecule has 2 aromatic rings. The summed E-state index contributed by atoms with van der Waals surface area (Å²) in [5.41, 5.74) is 1.68. The van der Waals surface area contributed by atoms with Crippen molar-refractivity contribution >= 4 is 33.9 Å². The summed E-state index contributed by atoms with van der Waals surface area (Å²) in [5.74, 6) is 0.905. The number of methoxy groups -OCH3 is 1. The van der Waals surface area contributed by atoms with E-state index in [1.54, 1.807) is 31.4 Å². The van der Waals surface area contributed by atoms with Crippen LogP contribution in [0.15, 0.2) is 70.3 Å². The van der Waals surface area contributed by atoms with Gasteiger partial charge in [0.05, 0.1) is 7.11 Å². The van der Waals surface area contributed by atoms with Crippen LogP contribution < -0.4 is 9.47 Å². The number of halogens is 1. The van der Waals surface area contributed by atoms with Crippen LogP contribution in [0.2, 0.25) is 0 Å². The van der Waals surface area contributed by atoms with Crippen molar-refractivity contribution in [1.29, 1.82) is 0 Å². The van der Waals surface area contributed by atoms with E-state index in [1.807, 2.05) is 30.3 Å². The van der Waals surface area contributed by atoms with Gasteiger partial charge in [-0.25, -0.2) is 9.79 Å². The fourth-order valence-corrected chi connectivity index (χ4v) is 2.78. The molecule has 0 saturated heterocycles. The largest absolute Gasteiger partial charge is 0.493 e. The van der Waals surface area contributed by atoms with Gasteiger partial charge in [0.15, 0.2) is 17.2 Å². The van der Waals surface area contributed by atoms with Crippen LogP contribution in [0.1, 0.15) is 11.1 Å². The molecule has 0 aromatic heterocycles. The van der Waals surface area contributed by atoms with Crippen molar-refractivity contribution in [3.8, 4) is 11.5 Å². The van der Waals surface area contributed by atoms with Crippen LogP contribution in [0, 0.1) is 0 Å². The molecule has 0 radical (unpaired) electrons. The molecule has 26 heavy (non-hydrogen) atoms. The first kappa shape index (κ1) is 17.9. The highest BCUT2D eigenvalue weighted by Crippen LogP contribution is 2.35. The maximum absolute atomic E-state index is 12.1. The summed E-state index contributed by atoms with van der Waals surface area (Å²) in [4.78, 5) is 16.5. The first-order valence-corrected chi connectivity index (χ1v) is 8.61. The van der Waals surface area contributed by atoms with Gasteiger partial charge in [-0.05, 0) is 35.9 Å². The molecule has 1 aliphatic rings. The minimum atomic E-state index is -0.498. The molecule has 6 heteroatoms. The van der Waals surface area contributed by atoms with Gasteiger partial charge >= 0.3 is 5.97 Å². The SMILES string of the molecule is C=CCOc1cc(Br)c(/C=C2\N=C(c3ccccc3)OC2=O)cc1OC. The van der Waals surface area contributed by atoms with Crippen molar-refractivity contribution in [2.75, 3.05) is 13.7 Å². The lowest BCUT2D eigenvalue weighted by atomic mass is 10.1. The first-order valence-electron chi connectivity index (χ1n) is 7.81. The van der Waals surface area contributed by atoms with E-state index in [9.17, 15) is 4.79 Å². The molecule has 3 rings (SSSR count). The van der Waals surface area contributed by atoms with Gasteiger partial charge in [-0.2, -0.15) is 0 Å². The van der Waals surface area contributed by atoms with Crippen molar-refractivity contribution in [1.82, 2.24) is 0 Å². The number of rotatable bonds is 6. The number of benzene rings is 2. The second-order valence-electron chi connectivity index (χ2n) is 5.33. The molecule has 0 spiro atoms. The van der Waals surface area contributed by atoms with Gasteiger partial charge < -0.3 is 14.2 Å². The van der Waals surface area contributed by atoms with Crippen LogP contribution in [0.3, 0.4) is 0 Å². The van der Waals surface area contributed by atoms with Crippen molar-refractivity contribution in [3.05, 3.63) is 76.4 Å². The van der Waals surface area contributed by atoms with E-state index >= 15 is 0 Å². The van der Waals surface area contributed by atoms with Gasteiger partial charge in [-0.1, -0.05) is 46.8 Å². The Hall–Kier alpha value is -2.86. The van der Waals surface area contributed by atoms with E-state index in [-0.39, 0.29) is 11.6 Å². The van der Waals surface area contributed by atoms with Gasteiger partial charge in [-0.3, -0.25) is 0 Å². The van der Waals surface area contributed by atoms with E-state index in [0.29, 0.717) is 18.1 Å². The molecule has 0 saturated carbocycles. The molecule has 0 atom stereocenters. The van der Waals surface area contributed by atoms with Crippen LogP contribution in [0.25, 0.3) is 6.08 Å². The highest BCUT2D eigenvalue weighted by atomic mass is 79.9. The van der Waals surface area contributed by atoms with Crippen molar-refractivity contribution < 1.29 is 19.0 Å². The third-order valence-corrected chi connectivity index (χ3v) is 4.26. The summed E-state index contributed by atoms with van der Waals surface area (Å²) in [6, 6.07) is 12.8. The number of hydrogen-bond donors (Lipinski definition) is 0. The lowest BCUT2D eigenvalue weighted by Crippen LogP contribution is -2.05. The topological polar surface area (TPSA) is 57.1 Å². The Morgan fingerprint density at radius 3 is 2.69 bits per heavy atom. The first-order chi connectivity index (χ1) is 12.6. The van der Waals surface area contributed by atoms with Crippen LogP contribution in [-0.2, 0) is 9.53 Å². The second-order valence-corrected chi connectivity index (χ2v) is 6.18. The zero-order chi connectivity index (χ0) is 18.5. The van der Waals surface area contributed by atoms with Gasteiger partial charge in [-0.15, -0.1) is 0 Å². The summed E-state index contributed by atoms with van der Waals surface area (Å²) >= 11 is 3.48. The number of aliphatic imine (C=N–C) groups is 1. The number of carbonyl (C=O) groups excluding carboxylic acids is 1. The number of ether oxygens (including phenoxy) is 3. The van der Waals surface area contributed by atoms with E-state index in [2.05, 4.69) is 27.5 Å². The van der Waals surface area contributed by atoms with Gasteiger partial charge in [0.25, 0.3) is 0 Å². The third-order valence-electron chi connectivity index (χ3n) is 3.57. The Morgan fingerprint density at radius 2 is 2.00 bits per heavy atom. The summed E-state index contributed by atoms with van der Waals surface area (Å²) in [5, 5.41) is 0. The molecule has 0 amide bonds. The summed E-state index contributed by atoms with van der Waals surface area (Å²) < 4.78 is 16.9. The third kappa shape index (κ3) is 3.86. The maximum atomic E-state index is 12.1. The predicted molar refractivity (Wildman–Crippen MR) is 103 cm³/mol. The lowest BCUT2D eigenvalue weighted by Gasteiger charge is -2.11. The smallest absolute Gasteiger partial charge is 0.363 e. The second kappa shape index (κ2) is 8.01. The number of esters is 1. The van der Waals surface area contributed by atoms with E-state index < -0.39 is 5.97 Å². The number of cyclic esters (lactones) is 1. The Bertz CT molecular complexity index is 904. The molecule has 0 unspecified atom stereocenters. The van der Waals surface area contributed by atoms with Crippen molar-refractivity contribution in [3.63, 3.8) is 0 Å². The number of carbonyl (C=O) groups is 1. The van der Waals surface area contributed by atoms with Crippen molar-refractivity contribution in [2.24, 2.45) is 4.99 Å². The fourth-order valence-electron chi connectivity index (χ4n) is 2.34. The van der Waals surface area contributed by atoms with Crippen LogP contribution in [0.4, 0.5) is 0 Å². The van der Waals surface area contributed by atoms with Crippen LogP contribution in [-0.4, -0.2) is 25.6 Å². The summed E-state index contributed by atoms with van der Waals surface area (Å²) in [7, 11) is 1.55. The molecule has 0 aliphatic carbocycles. The zero-order valence-corrected chi connectivity index (χ0v) is 15.7. The Labute approximate surface area is 159 Å². The zero-order valence-electron chi connectivity index (χ0n) is 14.1. The minimum Gasteiger partial charge on any atom is -0.493 e. The molecule has 1 aliphatic heterocycles. The highest BCUT2D eigenvalue weighted by Gasteiger charge is 2.24. The average Bonchev–Trinajstić information content (AvgIpc) is 3.03.